The van der Waals surface area contributed by atoms with Crippen molar-refractivity contribution in [3.8, 4) is 0 Å². The van der Waals surface area contributed by atoms with E-state index in [1.807, 2.05) is 0 Å². The molecule has 0 unspecified atom stereocenters. The maximum atomic E-state index is 12.2. The second-order valence-corrected chi connectivity index (χ2v) is 4.59. The van der Waals surface area contributed by atoms with Crippen LogP contribution < -0.4 is 17.0 Å². The highest BCUT2D eigenvalue weighted by molar-refractivity contribution is 5.71. The van der Waals surface area contributed by atoms with Crippen LogP contribution in [0.5, 0.6) is 0 Å². The predicted molar refractivity (Wildman–Crippen MR) is 74.8 cm³/mol. The van der Waals surface area contributed by atoms with E-state index in [1.165, 1.54) is 11.6 Å². The minimum atomic E-state index is -0.392. The van der Waals surface area contributed by atoms with E-state index in [-0.39, 0.29) is 5.56 Å². The fourth-order valence-electron chi connectivity index (χ4n) is 2.21. The molecule has 0 aliphatic carbocycles. The Morgan fingerprint density at radius 2 is 1.95 bits per heavy atom. The highest BCUT2D eigenvalue weighted by Crippen LogP contribution is 2.09. The molecular formula is C12H19N5O3. The molecule has 0 atom stereocenters. The van der Waals surface area contributed by atoms with Crippen LogP contribution in [0.3, 0.4) is 0 Å². The van der Waals surface area contributed by atoms with Gasteiger partial charge in [-0.3, -0.25) is 13.9 Å². The van der Waals surface area contributed by atoms with Gasteiger partial charge in [0, 0.05) is 27.6 Å². The third-order valence-electron chi connectivity index (χ3n) is 3.34. The molecule has 2 aromatic heterocycles. The van der Waals surface area contributed by atoms with Crippen LogP contribution in [-0.2, 0) is 31.8 Å². The van der Waals surface area contributed by atoms with Crippen molar-refractivity contribution in [3.63, 3.8) is 0 Å². The molecule has 0 saturated carbocycles. The lowest BCUT2D eigenvalue weighted by Gasteiger charge is -2.08. The molecule has 2 N–H and O–H groups in total. The lowest BCUT2D eigenvalue weighted by atomic mass is 10.4. The van der Waals surface area contributed by atoms with Crippen molar-refractivity contribution in [1.29, 1.82) is 0 Å². The Hall–Kier alpha value is -1.93. The SMILES string of the molecule is COCCn1c(=O)n(C)c(=O)c2c1nc(CCN)n2C. The van der Waals surface area contributed by atoms with Gasteiger partial charge in [0.2, 0.25) is 0 Å². The number of nitrogens with two attached hydrogens (primary N) is 1. The van der Waals surface area contributed by atoms with E-state index in [0.717, 1.165) is 4.57 Å². The van der Waals surface area contributed by atoms with Gasteiger partial charge in [-0.25, -0.2) is 9.78 Å². The van der Waals surface area contributed by atoms with Crippen LogP contribution in [0.4, 0.5) is 0 Å². The van der Waals surface area contributed by atoms with Gasteiger partial charge >= 0.3 is 5.69 Å². The van der Waals surface area contributed by atoms with Crippen molar-refractivity contribution in [3.05, 3.63) is 26.7 Å². The molecule has 0 fully saturated rings. The summed E-state index contributed by atoms with van der Waals surface area (Å²) < 4.78 is 9.25. The van der Waals surface area contributed by atoms with Crippen LogP contribution in [0, 0.1) is 0 Å². The Bertz CT molecular complexity index is 740. The second-order valence-electron chi connectivity index (χ2n) is 4.59. The fraction of sp³-hybridized carbons (Fsp3) is 0.583. The molecule has 0 aromatic carbocycles. The Kier molecular flexibility index (Phi) is 4.05. The Labute approximate surface area is 115 Å². The van der Waals surface area contributed by atoms with Gasteiger partial charge in [0.1, 0.15) is 5.82 Å². The molecular weight excluding hydrogens is 262 g/mol. The number of ether oxygens (including phenoxy) is 1. The summed E-state index contributed by atoms with van der Waals surface area (Å²) in [6.07, 6.45) is 0.548. The summed E-state index contributed by atoms with van der Waals surface area (Å²) in [6, 6.07) is 0. The topological polar surface area (TPSA) is 97.1 Å². The minimum absolute atomic E-state index is 0.346. The summed E-state index contributed by atoms with van der Waals surface area (Å²) in [5, 5.41) is 0. The predicted octanol–water partition coefficient (Wildman–Crippen LogP) is -1.42. The Balaban J connectivity index is 2.80. The van der Waals surface area contributed by atoms with Crippen molar-refractivity contribution >= 4 is 11.2 Å². The largest absolute Gasteiger partial charge is 0.383 e. The highest BCUT2D eigenvalue weighted by Gasteiger charge is 2.17. The fourth-order valence-corrected chi connectivity index (χ4v) is 2.21. The summed E-state index contributed by atoms with van der Waals surface area (Å²) in [7, 11) is 4.78. The second kappa shape index (κ2) is 5.59. The molecule has 2 rings (SSSR count). The molecule has 0 amide bonds. The summed E-state index contributed by atoms with van der Waals surface area (Å²) in [6.45, 7) is 1.15. The van der Waals surface area contributed by atoms with Gasteiger partial charge in [-0.15, -0.1) is 0 Å². The van der Waals surface area contributed by atoms with Crippen molar-refractivity contribution in [2.24, 2.45) is 19.8 Å². The first-order chi connectivity index (χ1) is 9.52. The zero-order valence-electron chi connectivity index (χ0n) is 11.9. The minimum Gasteiger partial charge on any atom is -0.383 e. The van der Waals surface area contributed by atoms with Crippen LogP contribution in [-0.4, -0.2) is 38.9 Å². The molecule has 0 saturated heterocycles. The molecule has 0 bridgehead atoms. The molecule has 8 nitrogen and oxygen atoms in total. The van der Waals surface area contributed by atoms with Gasteiger partial charge in [0.05, 0.1) is 13.2 Å². The molecule has 110 valence electrons. The zero-order chi connectivity index (χ0) is 14.9. The zero-order valence-corrected chi connectivity index (χ0v) is 11.9. The highest BCUT2D eigenvalue weighted by atomic mass is 16.5. The first kappa shape index (κ1) is 14.5. The van der Waals surface area contributed by atoms with E-state index in [9.17, 15) is 9.59 Å². The number of rotatable bonds is 5. The number of imidazole rings is 1. The monoisotopic (exact) mass is 281 g/mol. The van der Waals surface area contributed by atoms with Crippen LogP contribution in [0.15, 0.2) is 9.59 Å². The molecule has 20 heavy (non-hydrogen) atoms. The van der Waals surface area contributed by atoms with E-state index < -0.39 is 5.69 Å². The maximum absolute atomic E-state index is 12.2. The van der Waals surface area contributed by atoms with E-state index >= 15 is 0 Å². The van der Waals surface area contributed by atoms with E-state index in [1.54, 1.807) is 18.7 Å². The third kappa shape index (κ3) is 2.16. The summed E-state index contributed by atoms with van der Waals surface area (Å²) in [4.78, 5) is 28.8. The maximum Gasteiger partial charge on any atom is 0.332 e. The molecule has 8 heteroatoms. The van der Waals surface area contributed by atoms with Crippen LogP contribution >= 0.6 is 0 Å². The van der Waals surface area contributed by atoms with Crippen molar-refractivity contribution < 1.29 is 4.74 Å². The van der Waals surface area contributed by atoms with E-state index in [4.69, 9.17) is 10.5 Å². The van der Waals surface area contributed by atoms with Gasteiger partial charge in [0.25, 0.3) is 5.56 Å². The van der Waals surface area contributed by atoms with E-state index in [0.29, 0.717) is 43.1 Å². The molecule has 0 aliphatic rings. The van der Waals surface area contributed by atoms with Crippen LogP contribution in [0.2, 0.25) is 0 Å². The van der Waals surface area contributed by atoms with Crippen molar-refractivity contribution in [1.82, 2.24) is 18.7 Å². The number of hydrogen-bond donors (Lipinski definition) is 1. The molecule has 0 spiro atoms. The lowest BCUT2D eigenvalue weighted by molar-refractivity contribution is 0.186. The summed E-state index contributed by atoms with van der Waals surface area (Å²) >= 11 is 0. The van der Waals surface area contributed by atoms with Crippen LogP contribution in [0.25, 0.3) is 11.2 Å². The smallest absolute Gasteiger partial charge is 0.332 e. The number of fused-ring (bicyclic) bond motifs is 1. The lowest BCUT2D eigenvalue weighted by Crippen LogP contribution is -2.39. The molecule has 2 aromatic rings. The van der Waals surface area contributed by atoms with E-state index in [2.05, 4.69) is 4.98 Å². The average molecular weight is 281 g/mol. The quantitative estimate of drug-likeness (QED) is 0.725. The Morgan fingerprint density at radius 3 is 2.55 bits per heavy atom. The number of aryl methyl sites for hydroxylation is 1. The normalized spacial score (nSPS) is 11.4. The summed E-state index contributed by atoms with van der Waals surface area (Å²) in [5.74, 6) is 0.691. The first-order valence-electron chi connectivity index (χ1n) is 6.37. The van der Waals surface area contributed by atoms with Crippen molar-refractivity contribution in [2.45, 2.75) is 13.0 Å². The van der Waals surface area contributed by atoms with Gasteiger partial charge < -0.3 is 15.0 Å². The average Bonchev–Trinajstić information content (AvgIpc) is 2.74. The van der Waals surface area contributed by atoms with Gasteiger partial charge in [-0.2, -0.15) is 0 Å². The van der Waals surface area contributed by atoms with Gasteiger partial charge in [0.15, 0.2) is 11.2 Å². The molecule has 2 heterocycles. The number of hydrogen-bond acceptors (Lipinski definition) is 5. The molecule has 0 aliphatic heterocycles. The number of aromatic nitrogens is 4. The Morgan fingerprint density at radius 1 is 1.25 bits per heavy atom. The first-order valence-corrected chi connectivity index (χ1v) is 6.37. The van der Waals surface area contributed by atoms with Gasteiger partial charge in [-0.05, 0) is 6.54 Å². The van der Waals surface area contributed by atoms with Gasteiger partial charge in [-0.1, -0.05) is 0 Å². The number of methoxy groups -OCH3 is 1. The summed E-state index contributed by atoms with van der Waals surface area (Å²) in [5.41, 5.74) is 5.60. The molecule has 0 radical (unpaired) electrons. The van der Waals surface area contributed by atoms with Crippen molar-refractivity contribution in [2.75, 3.05) is 20.3 Å². The third-order valence-corrected chi connectivity index (χ3v) is 3.34. The van der Waals surface area contributed by atoms with Crippen LogP contribution in [0.1, 0.15) is 5.82 Å². The number of nitrogens with zero attached hydrogens (tertiary/aromatic N) is 4. The standard InChI is InChI=1S/C12H19N5O3/c1-15-8(4-5-13)14-10-9(15)11(18)16(2)12(19)17(10)6-7-20-3/h4-7,13H2,1-3H3.